The van der Waals surface area contributed by atoms with E-state index in [-0.39, 0.29) is 87.8 Å². The summed E-state index contributed by atoms with van der Waals surface area (Å²) in [6, 6.07) is 14.1. The summed E-state index contributed by atoms with van der Waals surface area (Å²) < 4.78 is 54.7. The van der Waals surface area contributed by atoms with Crippen molar-refractivity contribution < 1.29 is 61.5 Å². The number of ether oxygens (including phenoxy) is 5. The molecular weight excluding hydrogens is 752 g/mol. The van der Waals surface area contributed by atoms with E-state index >= 15 is 0 Å². The highest BCUT2D eigenvalue weighted by Gasteiger charge is 2.17. The van der Waals surface area contributed by atoms with Crippen LogP contribution in [0.5, 0.6) is 5.75 Å². The van der Waals surface area contributed by atoms with Crippen molar-refractivity contribution in [1.29, 1.82) is 0 Å². The van der Waals surface area contributed by atoms with Crippen LogP contribution < -0.4 is 14.8 Å². The number of carboxylic acids is 2. The van der Waals surface area contributed by atoms with Gasteiger partial charge in [-0.25, -0.2) is 27.9 Å². The zero-order chi connectivity index (χ0) is 40.4. The fourth-order valence-electron chi connectivity index (χ4n) is 4.90. The number of ketones is 1. The summed E-state index contributed by atoms with van der Waals surface area (Å²) in [6.45, 7) is 1.50. The molecule has 0 bridgehead atoms. The number of aryl methyl sites for hydroxylation is 1. The van der Waals surface area contributed by atoms with Crippen LogP contribution in [0.3, 0.4) is 0 Å². The Balaban J connectivity index is 1.25. The molecule has 0 saturated heterocycles. The van der Waals surface area contributed by atoms with Crippen LogP contribution in [-0.4, -0.2) is 118 Å². The third kappa shape index (κ3) is 19.5. The van der Waals surface area contributed by atoms with Crippen LogP contribution in [0.1, 0.15) is 60.0 Å². The van der Waals surface area contributed by atoms with Gasteiger partial charge < -0.3 is 39.2 Å². The molecule has 3 rings (SSSR count). The summed E-state index contributed by atoms with van der Waals surface area (Å²) in [5.41, 5.74) is 2.42. The molecule has 3 aromatic rings. The molecule has 2 aromatic carbocycles. The van der Waals surface area contributed by atoms with Crippen LogP contribution in [0.2, 0.25) is 0 Å². The zero-order valence-corrected chi connectivity index (χ0v) is 32.0. The third-order valence-corrected chi connectivity index (χ3v) is 9.17. The Hall–Kier alpha value is -5.01. The zero-order valence-electron chi connectivity index (χ0n) is 31.2. The number of anilines is 1. The summed E-state index contributed by atoms with van der Waals surface area (Å²) in [5, 5.41) is 19.8. The van der Waals surface area contributed by atoms with Crippen LogP contribution in [0, 0.1) is 0 Å². The van der Waals surface area contributed by atoms with E-state index in [4.69, 9.17) is 33.9 Å². The summed E-state index contributed by atoms with van der Waals surface area (Å²) in [4.78, 5) is 53.1. The number of benzene rings is 2. The molecule has 0 aliphatic heterocycles. The molecule has 0 spiro atoms. The molecule has 0 unspecified atom stereocenters. The monoisotopic (exact) mass is 802 g/mol. The lowest BCUT2D eigenvalue weighted by atomic mass is 10.0. The predicted molar refractivity (Wildman–Crippen MR) is 202 cm³/mol. The maximum absolute atomic E-state index is 12.9. The number of carboxylic acid groups (broad SMARTS) is 2. The number of amides is 1. The van der Waals surface area contributed by atoms with E-state index in [1.54, 1.807) is 12.1 Å². The molecule has 1 heterocycles. The van der Waals surface area contributed by atoms with Crippen LogP contribution in [0.25, 0.3) is 0 Å². The Morgan fingerprint density at radius 1 is 0.625 bits per heavy atom. The lowest BCUT2D eigenvalue weighted by molar-refractivity contribution is -0.143. The first-order chi connectivity index (χ1) is 27.0. The smallest absolute Gasteiger partial charge is 0.329 e. The minimum Gasteiger partial charge on any atom is -0.493 e. The van der Waals surface area contributed by atoms with Gasteiger partial charge in [0.05, 0.1) is 50.1 Å². The second-order valence-corrected chi connectivity index (χ2v) is 14.0. The van der Waals surface area contributed by atoms with Gasteiger partial charge >= 0.3 is 11.9 Å². The molecule has 17 nitrogen and oxygen atoms in total. The molecule has 0 fully saturated rings. The number of aromatic nitrogens is 2. The molecule has 18 heteroatoms. The summed E-state index contributed by atoms with van der Waals surface area (Å²) in [6.07, 6.45) is 7.47. The first kappa shape index (κ1) is 45.4. The van der Waals surface area contributed by atoms with Crippen molar-refractivity contribution >= 4 is 39.6 Å². The maximum atomic E-state index is 12.9. The third-order valence-electron chi connectivity index (χ3n) is 7.82. The molecule has 56 heavy (non-hydrogen) atoms. The first-order valence-corrected chi connectivity index (χ1v) is 19.7. The van der Waals surface area contributed by atoms with Crippen molar-refractivity contribution in [2.45, 2.75) is 56.3 Å². The van der Waals surface area contributed by atoms with Crippen molar-refractivity contribution in [3.8, 4) is 5.75 Å². The van der Waals surface area contributed by atoms with E-state index in [0.29, 0.717) is 38.2 Å². The minimum absolute atomic E-state index is 0.0214. The molecule has 0 atom stereocenters. The van der Waals surface area contributed by atoms with E-state index in [2.05, 4.69) is 32.1 Å². The molecule has 1 amide bonds. The van der Waals surface area contributed by atoms with Crippen LogP contribution >= 0.6 is 0 Å². The first-order valence-electron chi connectivity index (χ1n) is 18.2. The van der Waals surface area contributed by atoms with Crippen LogP contribution in [-0.2, 0) is 56.2 Å². The molecule has 306 valence electrons. The summed E-state index contributed by atoms with van der Waals surface area (Å²) in [7, 11) is -4.01. The van der Waals surface area contributed by atoms with E-state index in [9.17, 15) is 27.6 Å². The Morgan fingerprint density at radius 2 is 1.25 bits per heavy atom. The van der Waals surface area contributed by atoms with E-state index in [1.165, 1.54) is 30.1 Å². The maximum Gasteiger partial charge on any atom is 0.329 e. The average Bonchev–Trinajstić information content (AvgIpc) is 3.17. The number of hydrogen-bond donors (Lipinski definition) is 4. The summed E-state index contributed by atoms with van der Waals surface area (Å²) in [5.74, 6) is -2.07. The molecule has 4 N–H and O–H groups in total. The highest BCUT2D eigenvalue weighted by molar-refractivity contribution is 7.92. The molecular formula is C38H50N4O13S. The van der Waals surface area contributed by atoms with E-state index in [1.807, 2.05) is 12.1 Å². The number of rotatable bonds is 31. The van der Waals surface area contributed by atoms with Crippen molar-refractivity contribution in [2.24, 2.45) is 0 Å². The molecule has 0 aliphatic carbocycles. The molecule has 0 radical (unpaired) electrons. The van der Waals surface area contributed by atoms with Crippen molar-refractivity contribution in [3.63, 3.8) is 0 Å². The number of aliphatic carboxylic acids is 2. The number of nitrogens with zero attached hydrogens (tertiary/aromatic N) is 2. The quantitative estimate of drug-likeness (QED) is 0.0683. The Labute approximate surface area is 326 Å². The summed E-state index contributed by atoms with van der Waals surface area (Å²) >= 11 is 0. The molecule has 0 aliphatic rings. The number of carbonyl (C=O) groups is 4. The molecule has 1 aromatic heterocycles. The fraction of sp³-hybridized carbons (Fsp3) is 0.474. The van der Waals surface area contributed by atoms with Gasteiger partial charge in [0.25, 0.3) is 15.9 Å². The number of nitrogens with one attached hydrogen (secondary N) is 2. The van der Waals surface area contributed by atoms with Gasteiger partial charge in [0.2, 0.25) is 5.95 Å². The Kier molecular flexibility index (Phi) is 21.0. The minimum atomic E-state index is -4.01. The Morgan fingerprint density at radius 3 is 1.91 bits per heavy atom. The van der Waals surface area contributed by atoms with Crippen LogP contribution in [0.15, 0.2) is 65.8 Å². The second kappa shape index (κ2) is 26.0. The van der Waals surface area contributed by atoms with Gasteiger partial charge in [-0.2, -0.15) is 0 Å². The Bertz CT molecular complexity index is 1740. The lowest BCUT2D eigenvalue weighted by Gasteiger charge is -2.10. The number of sulfonamides is 1. The standard InChI is InChI=1S/C38H50N4O13S/c43-32(6-4-18-51-21-24-54-28-36(46)47)27-53-23-22-52-20-17-39-37(48)31-25-40-38(41-26-31)42-56(49,50)34-14-12-33(13-15-34)55-19-16-30-10-8-29(9-11-30)5-2-1-3-7-35(44)45/h8-15,25-26H,1-7,16-24,27-28H2,(H,39,48)(H,44,45)(H,46,47)(H,40,41,42). The van der Waals surface area contributed by atoms with Crippen LogP contribution in [0.4, 0.5) is 5.95 Å². The topological polar surface area (TPSA) is 239 Å². The van der Waals surface area contributed by atoms with Gasteiger partial charge in [-0.15, -0.1) is 0 Å². The van der Waals surface area contributed by atoms with Gasteiger partial charge in [0.1, 0.15) is 19.0 Å². The van der Waals surface area contributed by atoms with Crippen molar-refractivity contribution in [3.05, 3.63) is 77.6 Å². The van der Waals surface area contributed by atoms with Gasteiger partial charge in [-0.05, 0) is 61.1 Å². The van der Waals surface area contributed by atoms with Gasteiger partial charge in [0, 0.05) is 44.8 Å². The lowest BCUT2D eigenvalue weighted by Crippen LogP contribution is -2.28. The highest BCUT2D eigenvalue weighted by Crippen LogP contribution is 2.19. The van der Waals surface area contributed by atoms with Gasteiger partial charge in [0.15, 0.2) is 5.78 Å². The number of carbonyl (C=O) groups excluding carboxylic acids is 2. The van der Waals surface area contributed by atoms with E-state index in [0.717, 1.165) is 24.8 Å². The number of unbranched alkanes of at least 4 members (excludes halogenated alkanes) is 2. The number of hydrogen-bond acceptors (Lipinski definition) is 13. The average molecular weight is 803 g/mol. The van der Waals surface area contributed by atoms with Gasteiger partial charge in [-0.3, -0.25) is 14.4 Å². The molecule has 0 saturated carbocycles. The van der Waals surface area contributed by atoms with Gasteiger partial charge in [-0.1, -0.05) is 30.7 Å². The van der Waals surface area contributed by atoms with Crippen molar-refractivity contribution in [1.82, 2.24) is 15.3 Å². The van der Waals surface area contributed by atoms with Crippen molar-refractivity contribution in [2.75, 3.05) is 70.7 Å². The fourth-order valence-corrected chi connectivity index (χ4v) is 5.86. The normalized spacial score (nSPS) is 11.2. The second-order valence-electron chi connectivity index (χ2n) is 12.4. The van der Waals surface area contributed by atoms with E-state index < -0.39 is 27.9 Å². The predicted octanol–water partition coefficient (Wildman–Crippen LogP) is 3.32. The number of Topliss-reactive ketones (excluding diaryl/α,β-unsaturated/α-hetero) is 1. The largest absolute Gasteiger partial charge is 0.493 e. The highest BCUT2D eigenvalue weighted by atomic mass is 32.2. The SMILES string of the molecule is O=C(O)CCCCCc1ccc(CCOc2ccc(S(=O)(=O)Nc3ncc(C(=O)NCCOCCOCC(=O)CCCOCCOCC(=O)O)cn3)cc2)cc1.